The first kappa shape index (κ1) is 10.2. The minimum absolute atomic E-state index is 0.0334. The first-order valence-electron chi connectivity index (χ1n) is 5.17. The highest BCUT2D eigenvalue weighted by atomic mass is 16.5. The molecule has 2 atom stereocenters. The Morgan fingerprint density at radius 1 is 1.73 bits per heavy atom. The topological polar surface area (TPSA) is 67.0 Å². The molecule has 1 aromatic heterocycles. The van der Waals surface area contributed by atoms with Crippen molar-refractivity contribution in [1.82, 2.24) is 15.5 Å². The maximum Gasteiger partial charge on any atom is 0.249 e. The van der Waals surface area contributed by atoms with Crippen molar-refractivity contribution in [3.8, 4) is 0 Å². The number of aromatic nitrogens is 2. The van der Waals surface area contributed by atoms with Crippen molar-refractivity contribution < 1.29 is 9.53 Å². The Balaban J connectivity index is 1.78. The molecular weight excluding hydrogens is 194 g/mol. The zero-order chi connectivity index (χ0) is 10.7. The number of ether oxygens (including phenoxy) is 1. The lowest BCUT2D eigenvalue weighted by molar-refractivity contribution is -0.131. The van der Waals surface area contributed by atoms with Crippen LogP contribution in [0.4, 0.5) is 0 Å². The number of H-pyrrole nitrogens is 1. The molecule has 2 heterocycles. The minimum atomic E-state index is -0.275. The summed E-state index contributed by atoms with van der Waals surface area (Å²) < 4.78 is 5.46. The third-order valence-corrected chi connectivity index (χ3v) is 2.54. The van der Waals surface area contributed by atoms with E-state index in [2.05, 4.69) is 15.5 Å². The average molecular weight is 209 g/mol. The summed E-state index contributed by atoms with van der Waals surface area (Å²) in [6.07, 6.45) is 3.36. The second-order valence-corrected chi connectivity index (χ2v) is 3.81. The third kappa shape index (κ3) is 2.56. The SMILES string of the molecule is CC1CCC(C(=O)NCc2ccn[nH]2)O1. The van der Waals surface area contributed by atoms with Crippen LogP contribution in [0.25, 0.3) is 0 Å². The molecule has 1 aliphatic heterocycles. The van der Waals surface area contributed by atoms with Gasteiger partial charge in [-0.05, 0) is 25.8 Å². The Labute approximate surface area is 88.2 Å². The summed E-state index contributed by atoms with van der Waals surface area (Å²) in [6, 6.07) is 1.83. The van der Waals surface area contributed by atoms with Crippen molar-refractivity contribution in [3.63, 3.8) is 0 Å². The lowest BCUT2D eigenvalue weighted by atomic mass is 10.2. The smallest absolute Gasteiger partial charge is 0.249 e. The quantitative estimate of drug-likeness (QED) is 0.765. The van der Waals surface area contributed by atoms with Gasteiger partial charge in [0.05, 0.1) is 18.3 Å². The average Bonchev–Trinajstić information content (AvgIpc) is 2.84. The van der Waals surface area contributed by atoms with E-state index >= 15 is 0 Å². The van der Waals surface area contributed by atoms with E-state index in [1.165, 1.54) is 0 Å². The third-order valence-electron chi connectivity index (χ3n) is 2.54. The molecule has 15 heavy (non-hydrogen) atoms. The molecule has 0 bridgehead atoms. The highest BCUT2D eigenvalue weighted by Crippen LogP contribution is 2.18. The molecule has 0 radical (unpaired) electrons. The first-order chi connectivity index (χ1) is 7.25. The number of amides is 1. The van der Waals surface area contributed by atoms with Crippen LogP contribution in [0.1, 0.15) is 25.5 Å². The van der Waals surface area contributed by atoms with Crippen LogP contribution < -0.4 is 5.32 Å². The van der Waals surface area contributed by atoms with E-state index in [0.717, 1.165) is 18.5 Å². The number of carbonyl (C=O) groups is 1. The van der Waals surface area contributed by atoms with Crippen LogP contribution in [-0.2, 0) is 16.1 Å². The Bertz CT molecular complexity index is 323. The van der Waals surface area contributed by atoms with Crippen LogP contribution >= 0.6 is 0 Å². The molecule has 5 heteroatoms. The highest BCUT2D eigenvalue weighted by Gasteiger charge is 2.27. The maximum absolute atomic E-state index is 11.6. The highest BCUT2D eigenvalue weighted by molar-refractivity contribution is 5.80. The summed E-state index contributed by atoms with van der Waals surface area (Å²) in [5, 5.41) is 9.40. The molecule has 82 valence electrons. The molecule has 1 aromatic rings. The molecule has 1 aliphatic rings. The van der Waals surface area contributed by atoms with Crippen LogP contribution in [0, 0.1) is 0 Å². The van der Waals surface area contributed by atoms with Crippen molar-refractivity contribution in [2.24, 2.45) is 0 Å². The molecule has 1 saturated heterocycles. The van der Waals surface area contributed by atoms with Gasteiger partial charge in [-0.3, -0.25) is 9.89 Å². The summed E-state index contributed by atoms with van der Waals surface area (Å²) in [4.78, 5) is 11.6. The fourth-order valence-corrected chi connectivity index (χ4v) is 1.67. The molecule has 1 fully saturated rings. The van der Waals surface area contributed by atoms with Gasteiger partial charge in [0.1, 0.15) is 6.10 Å². The van der Waals surface area contributed by atoms with Crippen molar-refractivity contribution in [3.05, 3.63) is 18.0 Å². The first-order valence-corrected chi connectivity index (χ1v) is 5.17. The molecule has 1 amide bonds. The fraction of sp³-hybridized carbons (Fsp3) is 0.600. The van der Waals surface area contributed by atoms with Crippen molar-refractivity contribution in [2.45, 2.75) is 38.5 Å². The molecule has 2 rings (SSSR count). The van der Waals surface area contributed by atoms with Gasteiger partial charge in [-0.2, -0.15) is 5.10 Å². The van der Waals surface area contributed by atoms with Gasteiger partial charge in [0.25, 0.3) is 0 Å². The van der Waals surface area contributed by atoms with Gasteiger partial charge in [0, 0.05) is 6.20 Å². The van der Waals surface area contributed by atoms with Gasteiger partial charge in [0.2, 0.25) is 5.91 Å². The lowest BCUT2D eigenvalue weighted by Gasteiger charge is -2.10. The number of carbonyl (C=O) groups excluding carboxylic acids is 1. The Morgan fingerprint density at radius 3 is 3.20 bits per heavy atom. The summed E-state index contributed by atoms with van der Waals surface area (Å²) in [5.41, 5.74) is 0.898. The van der Waals surface area contributed by atoms with Crippen LogP contribution in [-0.4, -0.2) is 28.3 Å². The fourth-order valence-electron chi connectivity index (χ4n) is 1.67. The van der Waals surface area contributed by atoms with Crippen molar-refractivity contribution >= 4 is 5.91 Å². The Kier molecular flexibility index (Phi) is 3.01. The number of aromatic amines is 1. The predicted molar refractivity (Wildman–Crippen MR) is 54.0 cm³/mol. The monoisotopic (exact) mass is 209 g/mol. The Hall–Kier alpha value is -1.36. The zero-order valence-corrected chi connectivity index (χ0v) is 8.69. The predicted octanol–water partition coefficient (Wildman–Crippen LogP) is 0.593. The van der Waals surface area contributed by atoms with E-state index in [1.54, 1.807) is 6.20 Å². The van der Waals surface area contributed by atoms with Gasteiger partial charge in [-0.25, -0.2) is 0 Å². The molecular formula is C10H15N3O2. The molecule has 0 aliphatic carbocycles. The van der Waals surface area contributed by atoms with Gasteiger partial charge >= 0.3 is 0 Å². The second kappa shape index (κ2) is 4.44. The second-order valence-electron chi connectivity index (χ2n) is 3.81. The van der Waals surface area contributed by atoms with Crippen molar-refractivity contribution in [2.75, 3.05) is 0 Å². The molecule has 0 saturated carbocycles. The van der Waals surface area contributed by atoms with Crippen molar-refractivity contribution in [1.29, 1.82) is 0 Å². The number of hydrogen-bond acceptors (Lipinski definition) is 3. The maximum atomic E-state index is 11.6. The van der Waals surface area contributed by atoms with Gasteiger partial charge < -0.3 is 10.1 Å². The lowest BCUT2D eigenvalue weighted by Crippen LogP contribution is -2.34. The van der Waals surface area contributed by atoms with E-state index < -0.39 is 0 Å². The number of nitrogens with zero attached hydrogens (tertiary/aromatic N) is 1. The van der Waals surface area contributed by atoms with E-state index in [9.17, 15) is 4.79 Å². The molecule has 2 N–H and O–H groups in total. The molecule has 2 unspecified atom stereocenters. The number of rotatable bonds is 3. The van der Waals surface area contributed by atoms with E-state index in [4.69, 9.17) is 4.74 Å². The minimum Gasteiger partial charge on any atom is -0.365 e. The number of nitrogens with one attached hydrogen (secondary N) is 2. The summed E-state index contributed by atoms with van der Waals surface area (Å²) in [6.45, 7) is 2.47. The molecule has 5 nitrogen and oxygen atoms in total. The van der Waals surface area contributed by atoms with Crippen LogP contribution in [0.2, 0.25) is 0 Å². The normalized spacial score (nSPS) is 25.4. The van der Waals surface area contributed by atoms with Gasteiger partial charge in [-0.15, -0.1) is 0 Å². The van der Waals surface area contributed by atoms with Gasteiger partial charge in [0.15, 0.2) is 0 Å². The molecule has 0 spiro atoms. The van der Waals surface area contributed by atoms with E-state index in [-0.39, 0.29) is 18.1 Å². The number of hydrogen-bond donors (Lipinski definition) is 2. The van der Waals surface area contributed by atoms with Gasteiger partial charge in [-0.1, -0.05) is 0 Å². The van der Waals surface area contributed by atoms with E-state index in [0.29, 0.717) is 6.54 Å². The standard InChI is InChI=1S/C10H15N3O2/c1-7-2-3-9(15-7)10(14)11-6-8-4-5-12-13-8/h4-5,7,9H,2-3,6H2,1H3,(H,11,14)(H,12,13). The van der Waals surface area contributed by atoms with E-state index in [1.807, 2.05) is 13.0 Å². The zero-order valence-electron chi connectivity index (χ0n) is 8.69. The van der Waals surface area contributed by atoms with Crippen LogP contribution in [0.5, 0.6) is 0 Å². The summed E-state index contributed by atoms with van der Waals surface area (Å²) in [7, 11) is 0. The Morgan fingerprint density at radius 2 is 2.60 bits per heavy atom. The van der Waals surface area contributed by atoms with Crippen LogP contribution in [0.15, 0.2) is 12.3 Å². The van der Waals surface area contributed by atoms with Crippen LogP contribution in [0.3, 0.4) is 0 Å². The largest absolute Gasteiger partial charge is 0.365 e. The summed E-state index contributed by atoms with van der Waals surface area (Å²) in [5.74, 6) is -0.0334. The summed E-state index contributed by atoms with van der Waals surface area (Å²) >= 11 is 0. The molecule has 0 aromatic carbocycles.